The Hall–Kier alpha value is -2.41. The molecule has 2 heterocycles. The Morgan fingerprint density at radius 2 is 2.00 bits per heavy atom. The largest absolute Gasteiger partial charge is 0.380 e. The van der Waals surface area contributed by atoms with Gasteiger partial charge in [-0.3, -0.25) is 9.97 Å². The SMILES string of the molecule is Cc1ccc(CNc2cc(C)nc(C)c2C#N)cn1. The van der Waals surface area contributed by atoms with Crippen LogP contribution in [0.25, 0.3) is 0 Å². The minimum atomic E-state index is 0.602. The molecular weight excluding hydrogens is 236 g/mol. The van der Waals surface area contributed by atoms with Gasteiger partial charge in [-0.25, -0.2) is 0 Å². The minimum absolute atomic E-state index is 0.602. The van der Waals surface area contributed by atoms with E-state index in [1.807, 2.05) is 45.2 Å². The molecule has 0 aliphatic carbocycles. The molecule has 0 amide bonds. The van der Waals surface area contributed by atoms with E-state index in [0.717, 1.165) is 28.3 Å². The van der Waals surface area contributed by atoms with Gasteiger partial charge in [0.2, 0.25) is 0 Å². The lowest BCUT2D eigenvalue weighted by atomic mass is 10.1. The van der Waals surface area contributed by atoms with Gasteiger partial charge in [0, 0.05) is 24.1 Å². The molecule has 0 fully saturated rings. The second kappa shape index (κ2) is 5.49. The number of nitriles is 1. The number of aryl methyl sites for hydroxylation is 3. The first kappa shape index (κ1) is 13.0. The zero-order valence-corrected chi connectivity index (χ0v) is 11.4. The monoisotopic (exact) mass is 252 g/mol. The lowest BCUT2D eigenvalue weighted by Gasteiger charge is -2.10. The van der Waals surface area contributed by atoms with E-state index in [1.165, 1.54) is 0 Å². The van der Waals surface area contributed by atoms with Gasteiger partial charge in [-0.1, -0.05) is 6.07 Å². The molecule has 4 heteroatoms. The molecule has 4 nitrogen and oxygen atoms in total. The van der Waals surface area contributed by atoms with Crippen molar-refractivity contribution in [1.82, 2.24) is 9.97 Å². The van der Waals surface area contributed by atoms with Crippen molar-refractivity contribution in [2.24, 2.45) is 0 Å². The lowest BCUT2D eigenvalue weighted by molar-refractivity contribution is 1.06. The summed E-state index contributed by atoms with van der Waals surface area (Å²) < 4.78 is 0. The number of aromatic nitrogens is 2. The highest BCUT2D eigenvalue weighted by molar-refractivity contribution is 5.59. The molecule has 0 aliphatic rings. The molecule has 0 bridgehead atoms. The number of pyridine rings is 2. The predicted molar refractivity (Wildman–Crippen MR) is 74.7 cm³/mol. The third-order valence-corrected chi connectivity index (χ3v) is 2.90. The van der Waals surface area contributed by atoms with E-state index in [0.29, 0.717) is 12.1 Å². The first-order valence-corrected chi connectivity index (χ1v) is 6.14. The van der Waals surface area contributed by atoms with Crippen molar-refractivity contribution in [3.05, 3.63) is 52.6 Å². The van der Waals surface area contributed by atoms with E-state index >= 15 is 0 Å². The molecule has 1 N–H and O–H groups in total. The highest BCUT2D eigenvalue weighted by atomic mass is 14.9. The van der Waals surface area contributed by atoms with Crippen molar-refractivity contribution < 1.29 is 0 Å². The van der Waals surface area contributed by atoms with Gasteiger partial charge in [0.25, 0.3) is 0 Å². The summed E-state index contributed by atoms with van der Waals surface area (Å²) in [6.45, 7) is 6.38. The summed E-state index contributed by atoms with van der Waals surface area (Å²) in [7, 11) is 0. The van der Waals surface area contributed by atoms with E-state index < -0.39 is 0 Å². The van der Waals surface area contributed by atoms with E-state index in [1.54, 1.807) is 0 Å². The molecule has 0 saturated carbocycles. The Morgan fingerprint density at radius 3 is 2.63 bits per heavy atom. The summed E-state index contributed by atoms with van der Waals surface area (Å²) >= 11 is 0. The average Bonchev–Trinajstić information content (AvgIpc) is 2.37. The van der Waals surface area contributed by atoms with Crippen molar-refractivity contribution in [1.29, 1.82) is 5.26 Å². The molecule has 0 atom stereocenters. The molecule has 96 valence electrons. The van der Waals surface area contributed by atoms with Crippen LogP contribution in [-0.2, 0) is 6.54 Å². The Labute approximate surface area is 113 Å². The van der Waals surface area contributed by atoms with Crippen molar-refractivity contribution in [3.63, 3.8) is 0 Å². The Morgan fingerprint density at radius 1 is 1.21 bits per heavy atom. The van der Waals surface area contributed by atoms with Gasteiger partial charge in [-0.15, -0.1) is 0 Å². The number of nitrogens with zero attached hydrogens (tertiary/aromatic N) is 3. The molecule has 2 aromatic rings. The topological polar surface area (TPSA) is 61.6 Å². The standard InChI is InChI=1S/C15H16N4/c1-10-4-5-13(8-17-10)9-18-15-6-11(2)19-12(3)14(15)7-16/h4-6,8H,9H2,1-3H3,(H,18,19). The predicted octanol–water partition coefficient (Wildman–Crippen LogP) is 2.89. The first-order valence-electron chi connectivity index (χ1n) is 6.14. The van der Waals surface area contributed by atoms with Gasteiger partial charge in [0.05, 0.1) is 16.9 Å². The lowest BCUT2D eigenvalue weighted by Crippen LogP contribution is -2.04. The van der Waals surface area contributed by atoms with Gasteiger partial charge >= 0.3 is 0 Å². The molecule has 0 spiro atoms. The van der Waals surface area contributed by atoms with E-state index in [9.17, 15) is 5.26 Å². The fourth-order valence-electron chi connectivity index (χ4n) is 1.91. The van der Waals surface area contributed by atoms with Crippen LogP contribution in [0.4, 0.5) is 5.69 Å². The van der Waals surface area contributed by atoms with Crippen LogP contribution in [0.5, 0.6) is 0 Å². The van der Waals surface area contributed by atoms with Gasteiger partial charge in [0.15, 0.2) is 0 Å². The highest BCUT2D eigenvalue weighted by Crippen LogP contribution is 2.19. The second-order valence-electron chi connectivity index (χ2n) is 4.54. The summed E-state index contributed by atoms with van der Waals surface area (Å²) in [6.07, 6.45) is 1.84. The van der Waals surface area contributed by atoms with Crippen LogP contribution in [-0.4, -0.2) is 9.97 Å². The molecular formula is C15H16N4. The number of anilines is 1. The van der Waals surface area contributed by atoms with Crippen LogP contribution < -0.4 is 5.32 Å². The van der Waals surface area contributed by atoms with Crippen LogP contribution in [0.3, 0.4) is 0 Å². The molecule has 2 aromatic heterocycles. The fraction of sp³-hybridized carbons (Fsp3) is 0.267. The van der Waals surface area contributed by atoms with E-state index in [4.69, 9.17) is 0 Å². The van der Waals surface area contributed by atoms with Gasteiger partial charge in [-0.2, -0.15) is 5.26 Å². The van der Waals surface area contributed by atoms with Crippen molar-refractivity contribution >= 4 is 5.69 Å². The zero-order valence-electron chi connectivity index (χ0n) is 11.4. The second-order valence-corrected chi connectivity index (χ2v) is 4.54. The number of hydrogen-bond acceptors (Lipinski definition) is 4. The minimum Gasteiger partial charge on any atom is -0.380 e. The maximum Gasteiger partial charge on any atom is 0.103 e. The molecule has 0 saturated heterocycles. The zero-order chi connectivity index (χ0) is 13.8. The highest BCUT2D eigenvalue weighted by Gasteiger charge is 2.07. The van der Waals surface area contributed by atoms with Gasteiger partial charge in [0.1, 0.15) is 6.07 Å². The van der Waals surface area contributed by atoms with Crippen LogP contribution in [0.1, 0.15) is 28.2 Å². The first-order chi connectivity index (χ1) is 9.10. The van der Waals surface area contributed by atoms with Crippen molar-refractivity contribution in [2.75, 3.05) is 5.32 Å². The maximum absolute atomic E-state index is 9.18. The molecule has 2 rings (SSSR count). The quantitative estimate of drug-likeness (QED) is 0.912. The summed E-state index contributed by atoms with van der Waals surface area (Å²) in [4.78, 5) is 8.55. The van der Waals surface area contributed by atoms with Crippen LogP contribution in [0.15, 0.2) is 24.4 Å². The van der Waals surface area contributed by atoms with E-state index in [-0.39, 0.29) is 0 Å². The van der Waals surface area contributed by atoms with Gasteiger partial charge < -0.3 is 5.32 Å². The summed E-state index contributed by atoms with van der Waals surface area (Å²) in [6, 6.07) is 8.10. The third kappa shape index (κ3) is 3.08. The maximum atomic E-state index is 9.18. The Kier molecular flexibility index (Phi) is 3.76. The van der Waals surface area contributed by atoms with Crippen molar-refractivity contribution in [2.45, 2.75) is 27.3 Å². The number of hydrogen-bond donors (Lipinski definition) is 1. The van der Waals surface area contributed by atoms with Crippen LogP contribution in [0.2, 0.25) is 0 Å². The smallest absolute Gasteiger partial charge is 0.103 e. The third-order valence-electron chi connectivity index (χ3n) is 2.90. The van der Waals surface area contributed by atoms with Crippen LogP contribution >= 0.6 is 0 Å². The number of rotatable bonds is 3. The summed E-state index contributed by atoms with van der Waals surface area (Å²) in [5.41, 5.74) is 5.17. The average molecular weight is 252 g/mol. The number of nitrogens with one attached hydrogen (secondary N) is 1. The Bertz CT molecular complexity index is 624. The Balaban J connectivity index is 2.20. The molecule has 0 radical (unpaired) electrons. The normalized spacial score (nSPS) is 10.0. The van der Waals surface area contributed by atoms with E-state index in [2.05, 4.69) is 21.4 Å². The summed E-state index contributed by atoms with van der Waals surface area (Å²) in [5.74, 6) is 0. The summed E-state index contributed by atoms with van der Waals surface area (Å²) in [5, 5.41) is 12.5. The van der Waals surface area contributed by atoms with Crippen LogP contribution in [0, 0.1) is 32.1 Å². The fourth-order valence-corrected chi connectivity index (χ4v) is 1.91. The molecule has 19 heavy (non-hydrogen) atoms. The molecule has 0 aliphatic heterocycles. The molecule has 0 unspecified atom stereocenters. The van der Waals surface area contributed by atoms with Gasteiger partial charge in [-0.05, 0) is 38.5 Å². The van der Waals surface area contributed by atoms with Crippen molar-refractivity contribution in [3.8, 4) is 6.07 Å². The molecule has 0 aromatic carbocycles.